The first kappa shape index (κ1) is 14.3. The third-order valence-electron chi connectivity index (χ3n) is 1.94. The molecule has 0 saturated heterocycles. The molecule has 0 fully saturated rings. The smallest absolute Gasteiger partial charge is 0.341 e. The second kappa shape index (κ2) is 5.69. The zero-order valence-electron chi connectivity index (χ0n) is 9.95. The van der Waals surface area contributed by atoms with Crippen molar-refractivity contribution in [1.82, 2.24) is 4.31 Å². The number of benzene rings is 1. The van der Waals surface area contributed by atoms with E-state index in [1.165, 1.54) is 38.4 Å². The molecule has 0 unspecified atom stereocenters. The van der Waals surface area contributed by atoms with Gasteiger partial charge in [0.05, 0.1) is 5.69 Å². The maximum atomic E-state index is 11.5. The van der Waals surface area contributed by atoms with Gasteiger partial charge in [0, 0.05) is 14.1 Å². The standard InChI is InChI=1S/C10H14N2O5S/c1-12(2)18(15,16)11-8-3-5-9(6-4-8)17-7-10(13)14/h3-6,11H,7H2,1-2H3,(H,13,14). The lowest BCUT2D eigenvalue weighted by molar-refractivity contribution is -0.139. The fourth-order valence-corrected chi connectivity index (χ4v) is 1.62. The molecule has 0 aliphatic carbocycles. The summed E-state index contributed by atoms with van der Waals surface area (Å²) in [5, 5.41) is 8.42. The van der Waals surface area contributed by atoms with E-state index in [1.807, 2.05) is 0 Å². The van der Waals surface area contributed by atoms with E-state index >= 15 is 0 Å². The van der Waals surface area contributed by atoms with Crippen LogP contribution in [0.1, 0.15) is 0 Å². The molecule has 1 aromatic carbocycles. The number of rotatable bonds is 6. The minimum absolute atomic E-state index is 0.352. The van der Waals surface area contributed by atoms with E-state index in [-0.39, 0.29) is 0 Å². The maximum Gasteiger partial charge on any atom is 0.341 e. The van der Waals surface area contributed by atoms with Gasteiger partial charge in [-0.2, -0.15) is 12.7 Å². The van der Waals surface area contributed by atoms with Gasteiger partial charge in [-0.05, 0) is 24.3 Å². The second-order valence-electron chi connectivity index (χ2n) is 3.60. The van der Waals surface area contributed by atoms with Crippen LogP contribution in [0, 0.1) is 0 Å². The molecule has 0 aromatic heterocycles. The van der Waals surface area contributed by atoms with Crippen molar-refractivity contribution in [1.29, 1.82) is 0 Å². The summed E-state index contributed by atoms with van der Waals surface area (Å²) in [6.07, 6.45) is 0. The summed E-state index contributed by atoms with van der Waals surface area (Å²) >= 11 is 0. The van der Waals surface area contributed by atoms with Gasteiger partial charge in [0.15, 0.2) is 6.61 Å². The van der Waals surface area contributed by atoms with Crippen LogP contribution in [-0.2, 0) is 15.0 Å². The highest BCUT2D eigenvalue weighted by molar-refractivity contribution is 7.90. The Morgan fingerprint density at radius 2 is 1.89 bits per heavy atom. The predicted octanol–water partition coefficient (Wildman–Crippen LogP) is 0.368. The minimum atomic E-state index is -3.54. The van der Waals surface area contributed by atoms with E-state index in [1.54, 1.807) is 0 Å². The number of carbonyl (C=O) groups is 1. The number of ether oxygens (including phenoxy) is 1. The summed E-state index contributed by atoms with van der Waals surface area (Å²) in [5.41, 5.74) is 0.367. The number of hydrogen-bond acceptors (Lipinski definition) is 4. The van der Waals surface area contributed by atoms with Crippen molar-refractivity contribution >= 4 is 21.9 Å². The van der Waals surface area contributed by atoms with Crippen LogP contribution < -0.4 is 9.46 Å². The summed E-state index contributed by atoms with van der Waals surface area (Å²) < 4.78 is 31.3. The molecule has 2 N–H and O–H groups in total. The highest BCUT2D eigenvalue weighted by atomic mass is 32.2. The minimum Gasteiger partial charge on any atom is -0.482 e. The van der Waals surface area contributed by atoms with Gasteiger partial charge < -0.3 is 9.84 Å². The molecule has 18 heavy (non-hydrogen) atoms. The van der Waals surface area contributed by atoms with Crippen LogP contribution in [0.2, 0.25) is 0 Å². The highest BCUT2D eigenvalue weighted by Gasteiger charge is 2.12. The molecular formula is C10H14N2O5S. The highest BCUT2D eigenvalue weighted by Crippen LogP contribution is 2.16. The molecule has 1 rings (SSSR count). The number of hydrogen-bond donors (Lipinski definition) is 2. The first-order chi connectivity index (χ1) is 8.31. The van der Waals surface area contributed by atoms with E-state index < -0.39 is 22.8 Å². The van der Waals surface area contributed by atoms with Crippen LogP contribution >= 0.6 is 0 Å². The monoisotopic (exact) mass is 274 g/mol. The van der Waals surface area contributed by atoms with Crippen LogP contribution in [0.5, 0.6) is 5.75 Å². The molecule has 0 bridgehead atoms. The molecular weight excluding hydrogens is 260 g/mol. The van der Waals surface area contributed by atoms with Gasteiger partial charge in [0.2, 0.25) is 0 Å². The van der Waals surface area contributed by atoms with Crippen molar-refractivity contribution in [3.05, 3.63) is 24.3 Å². The predicted molar refractivity (Wildman–Crippen MR) is 65.8 cm³/mol. The Kier molecular flexibility index (Phi) is 4.51. The Hall–Kier alpha value is -1.80. The lowest BCUT2D eigenvalue weighted by Crippen LogP contribution is -2.28. The Morgan fingerprint density at radius 1 is 1.33 bits per heavy atom. The Bertz CT molecular complexity index is 510. The van der Waals surface area contributed by atoms with Gasteiger partial charge in [0.25, 0.3) is 0 Å². The summed E-state index contributed by atoms with van der Waals surface area (Å²) in [4.78, 5) is 10.3. The van der Waals surface area contributed by atoms with Gasteiger partial charge in [-0.25, -0.2) is 4.79 Å². The number of anilines is 1. The molecule has 0 heterocycles. The zero-order valence-corrected chi connectivity index (χ0v) is 10.8. The maximum absolute atomic E-state index is 11.5. The number of aliphatic carboxylic acids is 1. The summed E-state index contributed by atoms with van der Waals surface area (Å²) in [7, 11) is -0.723. The van der Waals surface area contributed by atoms with Crippen molar-refractivity contribution in [2.75, 3.05) is 25.4 Å². The summed E-state index contributed by atoms with van der Waals surface area (Å²) in [6.45, 7) is -0.442. The molecule has 0 aliphatic heterocycles. The average molecular weight is 274 g/mol. The summed E-state index contributed by atoms with van der Waals surface area (Å²) in [5.74, 6) is -0.724. The average Bonchev–Trinajstić information content (AvgIpc) is 2.27. The molecule has 0 spiro atoms. The molecule has 0 saturated carbocycles. The Morgan fingerprint density at radius 3 is 2.33 bits per heavy atom. The van der Waals surface area contributed by atoms with Crippen molar-refractivity contribution in [2.45, 2.75) is 0 Å². The third kappa shape index (κ3) is 4.22. The van der Waals surface area contributed by atoms with Crippen molar-refractivity contribution < 1.29 is 23.1 Å². The van der Waals surface area contributed by atoms with Gasteiger partial charge in [-0.15, -0.1) is 0 Å². The van der Waals surface area contributed by atoms with Crippen LogP contribution in [-0.4, -0.2) is 44.5 Å². The van der Waals surface area contributed by atoms with Crippen molar-refractivity contribution in [3.8, 4) is 5.75 Å². The van der Waals surface area contributed by atoms with E-state index in [0.29, 0.717) is 11.4 Å². The second-order valence-corrected chi connectivity index (χ2v) is 5.48. The lowest BCUT2D eigenvalue weighted by Gasteiger charge is -2.13. The first-order valence-electron chi connectivity index (χ1n) is 4.96. The quantitative estimate of drug-likeness (QED) is 0.781. The summed E-state index contributed by atoms with van der Waals surface area (Å²) in [6, 6.07) is 5.93. The van der Waals surface area contributed by atoms with Gasteiger partial charge in [-0.1, -0.05) is 0 Å². The van der Waals surface area contributed by atoms with Crippen LogP contribution in [0.3, 0.4) is 0 Å². The van der Waals surface area contributed by atoms with E-state index in [0.717, 1.165) is 4.31 Å². The third-order valence-corrected chi connectivity index (χ3v) is 3.40. The first-order valence-corrected chi connectivity index (χ1v) is 6.40. The molecule has 0 aliphatic rings. The molecule has 7 nitrogen and oxygen atoms in total. The lowest BCUT2D eigenvalue weighted by atomic mass is 10.3. The fraction of sp³-hybridized carbons (Fsp3) is 0.300. The fourth-order valence-electron chi connectivity index (χ4n) is 1.00. The number of nitrogens with zero attached hydrogens (tertiary/aromatic N) is 1. The van der Waals surface area contributed by atoms with Gasteiger partial charge >= 0.3 is 16.2 Å². The molecule has 0 radical (unpaired) electrons. The number of carboxylic acids is 1. The van der Waals surface area contributed by atoms with Crippen LogP contribution in [0.25, 0.3) is 0 Å². The molecule has 0 atom stereocenters. The largest absolute Gasteiger partial charge is 0.482 e. The number of nitrogens with one attached hydrogen (secondary N) is 1. The SMILES string of the molecule is CN(C)S(=O)(=O)Nc1ccc(OCC(=O)O)cc1. The Labute approximate surface area is 105 Å². The van der Waals surface area contributed by atoms with E-state index in [9.17, 15) is 13.2 Å². The molecule has 1 aromatic rings. The topological polar surface area (TPSA) is 95.9 Å². The van der Waals surface area contributed by atoms with Crippen LogP contribution in [0.15, 0.2) is 24.3 Å². The molecule has 8 heteroatoms. The van der Waals surface area contributed by atoms with Crippen molar-refractivity contribution in [3.63, 3.8) is 0 Å². The van der Waals surface area contributed by atoms with E-state index in [4.69, 9.17) is 9.84 Å². The van der Waals surface area contributed by atoms with Crippen LogP contribution in [0.4, 0.5) is 5.69 Å². The van der Waals surface area contributed by atoms with Gasteiger partial charge in [0.1, 0.15) is 5.75 Å². The zero-order chi connectivity index (χ0) is 13.8. The molecule has 0 amide bonds. The van der Waals surface area contributed by atoms with E-state index in [2.05, 4.69) is 4.72 Å². The normalized spacial score (nSPS) is 11.3. The Balaban J connectivity index is 2.69. The van der Waals surface area contributed by atoms with Crippen molar-refractivity contribution in [2.24, 2.45) is 0 Å². The van der Waals surface area contributed by atoms with Gasteiger partial charge in [-0.3, -0.25) is 4.72 Å². The number of carboxylic acid groups (broad SMARTS) is 1. The molecule has 100 valence electrons.